The summed E-state index contributed by atoms with van der Waals surface area (Å²) in [4.78, 5) is 26.6. The predicted molar refractivity (Wildman–Crippen MR) is 147 cm³/mol. The first kappa shape index (κ1) is 24.6. The van der Waals surface area contributed by atoms with Gasteiger partial charge in [-0.25, -0.2) is 9.38 Å². The molecule has 1 unspecified atom stereocenters. The second-order valence-corrected chi connectivity index (χ2v) is 9.81. The molecule has 3 N–H and O–H groups in total. The molecule has 0 aliphatic carbocycles. The Morgan fingerprint density at radius 2 is 2.03 bits per heavy atom. The number of aliphatic imine (C=N–C) groups is 1. The standard InChI is InChI=1S/C26H18ClFN8O2S/c1-13-20(22(37)33-26-36-35-23(39-26)14-5-4-10-29-12-14)21(16-6-2-3-7-17(16)27)32-24(30-13)34-25-31-18-11-15(28)8-9-19(18)38-25/h2-12,21H,1H3,(H,33,36,37)(H2,30,31,32,34). The molecule has 6 rings (SSSR count). The van der Waals surface area contributed by atoms with E-state index < -0.39 is 17.8 Å². The molecule has 13 heteroatoms. The van der Waals surface area contributed by atoms with Crippen molar-refractivity contribution in [1.82, 2.24) is 25.5 Å². The minimum absolute atomic E-state index is 0.109. The summed E-state index contributed by atoms with van der Waals surface area (Å²) in [6.07, 6.45) is 3.34. The van der Waals surface area contributed by atoms with E-state index in [0.717, 1.165) is 5.56 Å². The zero-order chi connectivity index (χ0) is 26.9. The molecule has 1 aliphatic rings. The molecular formula is C26H18ClFN8O2S. The quantitative estimate of drug-likeness (QED) is 0.255. The number of hydrogen-bond acceptors (Lipinski definition) is 10. The van der Waals surface area contributed by atoms with Crippen LogP contribution in [0.4, 0.5) is 15.5 Å². The number of amides is 1. The maximum atomic E-state index is 13.6. The van der Waals surface area contributed by atoms with Crippen LogP contribution in [-0.2, 0) is 4.79 Å². The maximum absolute atomic E-state index is 13.6. The number of halogens is 2. The zero-order valence-electron chi connectivity index (χ0n) is 20.1. The maximum Gasteiger partial charge on any atom is 0.302 e. The lowest BCUT2D eigenvalue weighted by molar-refractivity contribution is -0.113. The molecule has 194 valence electrons. The van der Waals surface area contributed by atoms with Gasteiger partial charge in [0.05, 0.1) is 5.57 Å². The Kier molecular flexibility index (Phi) is 6.47. The molecule has 0 bridgehead atoms. The van der Waals surface area contributed by atoms with Gasteiger partial charge >= 0.3 is 6.01 Å². The first-order valence-electron chi connectivity index (χ1n) is 11.6. The highest BCUT2D eigenvalue weighted by molar-refractivity contribution is 7.18. The van der Waals surface area contributed by atoms with Crippen LogP contribution in [0.5, 0.6) is 0 Å². The number of rotatable bonds is 5. The van der Waals surface area contributed by atoms with Crippen LogP contribution < -0.4 is 16.0 Å². The Bertz CT molecular complexity index is 1770. The topological polar surface area (TPSA) is 130 Å². The summed E-state index contributed by atoms with van der Waals surface area (Å²) in [5.41, 5.74) is 3.04. The Morgan fingerprint density at radius 1 is 1.15 bits per heavy atom. The van der Waals surface area contributed by atoms with E-state index in [2.05, 4.69) is 36.1 Å². The minimum Gasteiger partial charge on any atom is -0.423 e. The molecule has 39 heavy (non-hydrogen) atoms. The highest BCUT2D eigenvalue weighted by Gasteiger charge is 2.31. The lowest BCUT2D eigenvalue weighted by atomic mass is 9.95. The zero-order valence-corrected chi connectivity index (χ0v) is 21.7. The van der Waals surface area contributed by atoms with Gasteiger partial charge in [-0.2, -0.15) is 4.98 Å². The molecule has 1 aliphatic heterocycles. The Morgan fingerprint density at radius 3 is 2.85 bits per heavy atom. The third-order valence-electron chi connectivity index (χ3n) is 5.81. The molecule has 0 saturated heterocycles. The van der Waals surface area contributed by atoms with Crippen molar-refractivity contribution in [2.45, 2.75) is 13.0 Å². The fourth-order valence-electron chi connectivity index (χ4n) is 4.06. The SMILES string of the molecule is CC1=C(C(=O)Nc2nnc(-c3cccnc3)s2)C(c2ccccc2Cl)N=C(Nc2nc3cc(F)ccc3o2)N1. The monoisotopic (exact) mass is 560 g/mol. The number of carbonyl (C=O) groups excluding carboxylic acids is 1. The molecule has 3 aromatic heterocycles. The van der Waals surface area contributed by atoms with E-state index in [1.165, 1.54) is 29.5 Å². The van der Waals surface area contributed by atoms with E-state index in [-0.39, 0.29) is 12.0 Å². The van der Waals surface area contributed by atoms with E-state index in [4.69, 9.17) is 21.0 Å². The van der Waals surface area contributed by atoms with Crippen LogP contribution in [0, 0.1) is 5.82 Å². The summed E-state index contributed by atoms with van der Waals surface area (Å²) in [6, 6.07) is 14.2. The van der Waals surface area contributed by atoms with Crippen LogP contribution in [-0.4, -0.2) is 32.0 Å². The minimum atomic E-state index is -0.769. The van der Waals surface area contributed by atoms with Crippen LogP contribution in [0.25, 0.3) is 21.7 Å². The Balaban J connectivity index is 1.30. The number of nitrogens with zero attached hydrogens (tertiary/aromatic N) is 5. The summed E-state index contributed by atoms with van der Waals surface area (Å²) in [5, 5.41) is 18.5. The second kappa shape index (κ2) is 10.2. The number of nitrogens with one attached hydrogen (secondary N) is 3. The lowest BCUT2D eigenvalue weighted by Gasteiger charge is -2.26. The van der Waals surface area contributed by atoms with Gasteiger partial charge in [-0.15, -0.1) is 10.2 Å². The van der Waals surface area contributed by atoms with E-state index in [1.54, 1.807) is 43.6 Å². The van der Waals surface area contributed by atoms with Crippen molar-refractivity contribution >= 4 is 57.1 Å². The highest BCUT2D eigenvalue weighted by Crippen LogP contribution is 2.36. The number of fused-ring (bicyclic) bond motifs is 1. The Labute approximate surface area is 229 Å². The van der Waals surface area contributed by atoms with E-state index in [0.29, 0.717) is 43.1 Å². The summed E-state index contributed by atoms with van der Waals surface area (Å²) in [6.45, 7) is 1.75. The first-order chi connectivity index (χ1) is 18.9. The normalized spacial score (nSPS) is 15.2. The second-order valence-electron chi connectivity index (χ2n) is 8.43. The van der Waals surface area contributed by atoms with E-state index in [9.17, 15) is 9.18 Å². The highest BCUT2D eigenvalue weighted by atomic mass is 35.5. The van der Waals surface area contributed by atoms with Crippen molar-refractivity contribution in [3.63, 3.8) is 0 Å². The Hall–Kier alpha value is -4.68. The molecule has 2 aromatic carbocycles. The number of hydrogen-bond donors (Lipinski definition) is 3. The number of oxazole rings is 1. The lowest BCUT2D eigenvalue weighted by Crippen LogP contribution is -2.37. The molecule has 10 nitrogen and oxygen atoms in total. The van der Waals surface area contributed by atoms with Crippen molar-refractivity contribution in [3.8, 4) is 10.6 Å². The smallest absolute Gasteiger partial charge is 0.302 e. The molecule has 1 atom stereocenters. The molecule has 0 saturated carbocycles. The van der Waals surface area contributed by atoms with Crippen molar-refractivity contribution < 1.29 is 13.6 Å². The van der Waals surface area contributed by atoms with Crippen LogP contribution >= 0.6 is 22.9 Å². The molecule has 0 radical (unpaired) electrons. The summed E-state index contributed by atoms with van der Waals surface area (Å²) in [5.74, 6) is -0.568. The van der Waals surface area contributed by atoms with Gasteiger partial charge in [0, 0.05) is 40.3 Å². The third-order valence-corrected chi connectivity index (χ3v) is 7.05. The van der Waals surface area contributed by atoms with Gasteiger partial charge in [-0.3, -0.25) is 20.4 Å². The van der Waals surface area contributed by atoms with E-state index >= 15 is 0 Å². The summed E-state index contributed by atoms with van der Waals surface area (Å²) < 4.78 is 19.3. The molecular weight excluding hydrogens is 543 g/mol. The molecule has 0 fully saturated rings. The molecule has 0 spiro atoms. The van der Waals surface area contributed by atoms with Crippen LogP contribution in [0.15, 0.2) is 87.7 Å². The fraction of sp³-hybridized carbons (Fsp3) is 0.0769. The van der Waals surface area contributed by atoms with Gasteiger partial charge in [-0.1, -0.05) is 41.1 Å². The predicted octanol–water partition coefficient (Wildman–Crippen LogP) is 5.56. The van der Waals surface area contributed by atoms with Crippen molar-refractivity contribution in [3.05, 3.63) is 94.7 Å². The molecule has 4 heterocycles. The van der Waals surface area contributed by atoms with Gasteiger partial charge in [0.15, 0.2) is 10.6 Å². The number of guanidine groups is 1. The summed E-state index contributed by atoms with van der Waals surface area (Å²) in [7, 11) is 0. The molecule has 5 aromatic rings. The number of anilines is 2. The van der Waals surface area contributed by atoms with Crippen LogP contribution in [0.3, 0.4) is 0 Å². The third kappa shape index (κ3) is 5.07. The average Bonchev–Trinajstić information content (AvgIpc) is 3.55. The number of benzene rings is 2. The van der Waals surface area contributed by atoms with Crippen molar-refractivity contribution in [2.24, 2.45) is 4.99 Å². The van der Waals surface area contributed by atoms with E-state index in [1.807, 2.05) is 12.1 Å². The molecule has 1 amide bonds. The van der Waals surface area contributed by atoms with Gasteiger partial charge < -0.3 is 9.73 Å². The number of aromatic nitrogens is 4. The number of pyridine rings is 1. The van der Waals surface area contributed by atoms with Gasteiger partial charge in [0.2, 0.25) is 11.1 Å². The van der Waals surface area contributed by atoms with Gasteiger partial charge in [-0.05, 0) is 37.3 Å². The van der Waals surface area contributed by atoms with Gasteiger partial charge in [0.25, 0.3) is 5.91 Å². The largest absolute Gasteiger partial charge is 0.423 e. The average molecular weight is 561 g/mol. The summed E-state index contributed by atoms with van der Waals surface area (Å²) >= 11 is 7.75. The van der Waals surface area contributed by atoms with Crippen molar-refractivity contribution in [2.75, 3.05) is 10.6 Å². The first-order valence-corrected chi connectivity index (χ1v) is 12.8. The fourth-order valence-corrected chi connectivity index (χ4v) is 5.02. The van der Waals surface area contributed by atoms with Crippen LogP contribution in [0.1, 0.15) is 18.5 Å². The van der Waals surface area contributed by atoms with Crippen LogP contribution in [0.2, 0.25) is 5.02 Å². The van der Waals surface area contributed by atoms with Crippen molar-refractivity contribution in [1.29, 1.82) is 0 Å². The number of carbonyl (C=O) groups is 1. The number of allylic oxidation sites excluding steroid dienone is 1. The van der Waals surface area contributed by atoms with Gasteiger partial charge in [0.1, 0.15) is 17.4 Å².